The average Bonchev–Trinajstić information content (AvgIpc) is 3.03. The van der Waals surface area contributed by atoms with Crippen LogP contribution in [0.3, 0.4) is 0 Å². The molecule has 4 aromatic rings. The van der Waals surface area contributed by atoms with Crippen molar-refractivity contribution in [2.45, 2.75) is 73.0 Å². The van der Waals surface area contributed by atoms with Gasteiger partial charge in [0.15, 0.2) is 11.5 Å². The molecule has 0 heterocycles. The molecule has 2 amide bonds. The van der Waals surface area contributed by atoms with Crippen LogP contribution in [0.15, 0.2) is 78.9 Å². The van der Waals surface area contributed by atoms with E-state index in [0.717, 1.165) is 33.4 Å². The van der Waals surface area contributed by atoms with Crippen LogP contribution in [0.5, 0.6) is 11.5 Å². The number of aliphatic hydroxyl groups is 1. The van der Waals surface area contributed by atoms with Crippen LogP contribution in [0.25, 0.3) is 0 Å². The van der Waals surface area contributed by atoms with Crippen LogP contribution in [0.4, 0.5) is 11.4 Å². The summed E-state index contributed by atoms with van der Waals surface area (Å²) in [6.45, 7) is 13.7. The third-order valence-corrected chi connectivity index (χ3v) is 9.28. The van der Waals surface area contributed by atoms with Gasteiger partial charge in [-0.05, 0) is 95.0 Å². The fourth-order valence-electron chi connectivity index (χ4n) is 6.79. The Kier molecular flexibility index (Phi) is 10.6. The van der Waals surface area contributed by atoms with E-state index in [2.05, 4.69) is 10.6 Å². The molecule has 49 heavy (non-hydrogen) atoms. The number of carbonyl (C=O) groups excluding carboxylic acids is 3. The number of nitrogens with one attached hydrogen (secondary N) is 2. The summed E-state index contributed by atoms with van der Waals surface area (Å²) in [5, 5.41) is 17.8. The highest BCUT2D eigenvalue weighted by atomic mass is 16.5. The molecule has 1 saturated carbocycles. The molecule has 5 rings (SSSR count). The Morgan fingerprint density at radius 1 is 0.755 bits per heavy atom. The summed E-state index contributed by atoms with van der Waals surface area (Å²) in [6, 6.07) is 24.6. The van der Waals surface area contributed by atoms with Gasteiger partial charge in [0.2, 0.25) is 11.8 Å². The molecule has 3 N–H and O–H groups in total. The van der Waals surface area contributed by atoms with Crippen molar-refractivity contribution in [2.24, 2.45) is 11.8 Å². The number of Topliss-reactive ketones (excluding diaryl/α,β-unsaturated/α-hetero) is 1. The molecule has 4 unspecified atom stereocenters. The molecule has 1 aliphatic rings. The monoisotopic (exact) mass is 662 g/mol. The van der Waals surface area contributed by atoms with E-state index in [1.807, 2.05) is 96.1 Å². The topological polar surface area (TPSA) is 114 Å². The molecule has 4 atom stereocenters. The van der Waals surface area contributed by atoms with Gasteiger partial charge in [-0.1, -0.05) is 71.3 Å². The molecule has 8 nitrogen and oxygen atoms in total. The maximum Gasteiger partial charge on any atom is 0.235 e. The van der Waals surface area contributed by atoms with Crippen molar-refractivity contribution in [3.05, 3.63) is 118 Å². The number of aryl methyl sites for hydroxylation is 5. The summed E-state index contributed by atoms with van der Waals surface area (Å²) in [4.78, 5) is 42.4. The van der Waals surface area contributed by atoms with Crippen molar-refractivity contribution in [1.82, 2.24) is 0 Å². The van der Waals surface area contributed by atoms with Crippen LogP contribution in [0.2, 0.25) is 0 Å². The lowest BCUT2D eigenvalue weighted by atomic mass is 9.61. The highest BCUT2D eigenvalue weighted by molar-refractivity contribution is 6.10. The van der Waals surface area contributed by atoms with Crippen molar-refractivity contribution in [1.29, 1.82) is 0 Å². The first-order valence-corrected chi connectivity index (χ1v) is 16.7. The van der Waals surface area contributed by atoms with Crippen molar-refractivity contribution >= 4 is 29.0 Å². The van der Waals surface area contributed by atoms with Gasteiger partial charge in [0, 0.05) is 23.7 Å². The predicted octanol–water partition coefficient (Wildman–Crippen LogP) is 7.52. The molecule has 8 heteroatoms. The minimum absolute atomic E-state index is 0.304. The van der Waals surface area contributed by atoms with Gasteiger partial charge in [0.25, 0.3) is 0 Å². The van der Waals surface area contributed by atoms with Gasteiger partial charge in [0.05, 0.1) is 18.1 Å². The first-order valence-electron chi connectivity index (χ1n) is 16.7. The summed E-state index contributed by atoms with van der Waals surface area (Å²) < 4.78 is 12.2. The molecule has 1 aliphatic carbocycles. The first kappa shape index (κ1) is 35.4. The number of carbonyl (C=O) groups is 3. The number of ketones is 1. The highest BCUT2D eigenvalue weighted by Crippen LogP contribution is 2.48. The summed E-state index contributed by atoms with van der Waals surface area (Å²) in [5.41, 5.74) is 5.82. The van der Waals surface area contributed by atoms with Crippen LogP contribution in [0.1, 0.15) is 65.1 Å². The third kappa shape index (κ3) is 8.03. The van der Waals surface area contributed by atoms with E-state index < -0.39 is 41.0 Å². The maximum atomic E-state index is 14.3. The smallest absolute Gasteiger partial charge is 0.235 e. The van der Waals surface area contributed by atoms with E-state index in [1.165, 1.54) is 6.92 Å². The molecule has 0 aliphatic heterocycles. The van der Waals surface area contributed by atoms with Crippen molar-refractivity contribution < 1.29 is 29.0 Å². The Morgan fingerprint density at radius 2 is 1.33 bits per heavy atom. The van der Waals surface area contributed by atoms with Gasteiger partial charge < -0.3 is 25.2 Å². The van der Waals surface area contributed by atoms with E-state index in [-0.39, 0.29) is 6.42 Å². The average molecular weight is 663 g/mol. The second-order valence-corrected chi connectivity index (χ2v) is 13.5. The number of hydrogen-bond acceptors (Lipinski definition) is 6. The lowest BCUT2D eigenvalue weighted by molar-refractivity contribution is -0.150. The fraction of sp³-hybridized carbons (Fsp3) is 0.341. The molecule has 1 fully saturated rings. The number of amides is 2. The van der Waals surface area contributed by atoms with Crippen molar-refractivity contribution in [3.8, 4) is 11.5 Å². The summed E-state index contributed by atoms with van der Waals surface area (Å²) in [5.74, 6) is -4.07. The van der Waals surface area contributed by atoms with E-state index in [9.17, 15) is 19.5 Å². The van der Waals surface area contributed by atoms with E-state index >= 15 is 0 Å². The first-order chi connectivity index (χ1) is 23.3. The molecule has 0 spiro atoms. The summed E-state index contributed by atoms with van der Waals surface area (Å²) in [6.07, 6.45) is -0.366. The largest absolute Gasteiger partial charge is 0.490 e. The van der Waals surface area contributed by atoms with E-state index in [0.29, 0.717) is 41.7 Å². The number of benzene rings is 4. The normalized spacial score (nSPS) is 20.4. The Morgan fingerprint density at radius 3 is 1.90 bits per heavy atom. The Labute approximate surface area is 288 Å². The van der Waals surface area contributed by atoms with Crippen LogP contribution >= 0.6 is 0 Å². The van der Waals surface area contributed by atoms with Crippen molar-refractivity contribution in [2.75, 3.05) is 17.2 Å². The van der Waals surface area contributed by atoms with Gasteiger partial charge in [-0.3, -0.25) is 14.4 Å². The third-order valence-electron chi connectivity index (χ3n) is 9.28. The zero-order valence-corrected chi connectivity index (χ0v) is 29.3. The van der Waals surface area contributed by atoms with Crippen LogP contribution in [-0.2, 0) is 21.0 Å². The second kappa shape index (κ2) is 14.7. The van der Waals surface area contributed by atoms with E-state index in [1.54, 1.807) is 24.3 Å². The molecule has 256 valence electrons. The lowest BCUT2D eigenvalue weighted by Gasteiger charge is -2.44. The highest BCUT2D eigenvalue weighted by Gasteiger charge is 2.56. The maximum absolute atomic E-state index is 14.3. The van der Waals surface area contributed by atoms with Gasteiger partial charge in [-0.25, -0.2) is 0 Å². The number of hydrogen-bond donors (Lipinski definition) is 3. The van der Waals surface area contributed by atoms with Crippen LogP contribution < -0.4 is 20.1 Å². The Hall–Kier alpha value is -4.95. The van der Waals surface area contributed by atoms with Gasteiger partial charge >= 0.3 is 0 Å². The molecule has 4 aromatic carbocycles. The molecule has 0 radical (unpaired) electrons. The molecule has 0 saturated heterocycles. The lowest BCUT2D eigenvalue weighted by Crippen LogP contribution is -2.56. The molecule has 0 aromatic heterocycles. The quantitative estimate of drug-likeness (QED) is 0.151. The predicted molar refractivity (Wildman–Crippen MR) is 192 cm³/mol. The Bertz CT molecular complexity index is 1860. The molecular formula is C41H46N2O6. The Balaban J connectivity index is 1.58. The molecular weight excluding hydrogens is 616 g/mol. The number of anilines is 2. The zero-order valence-electron chi connectivity index (χ0n) is 29.3. The van der Waals surface area contributed by atoms with Crippen molar-refractivity contribution in [3.63, 3.8) is 0 Å². The summed E-state index contributed by atoms with van der Waals surface area (Å²) >= 11 is 0. The van der Waals surface area contributed by atoms with Gasteiger partial charge in [0.1, 0.15) is 18.3 Å². The van der Waals surface area contributed by atoms with Crippen LogP contribution in [-0.4, -0.2) is 34.9 Å². The number of ether oxygens (including phenoxy) is 2. The standard InChI is InChI=1S/C41H46N2O6/c1-8-48-35-21-30(15-18-34(35)49-23-29-13-9-24(2)10-14-29)36-37(39(45)42-31-16-11-25(3)19-27(31)5)33(44)22-41(7,47)38(36)40(46)43-32-17-12-26(4)20-28(32)6/h9-21,36-38,47H,8,22-23H2,1-7H3,(H,42,45)(H,43,46). The molecule has 0 bridgehead atoms. The van der Waals surface area contributed by atoms with E-state index in [4.69, 9.17) is 9.47 Å². The minimum atomic E-state index is -1.76. The number of rotatable bonds is 10. The second-order valence-electron chi connectivity index (χ2n) is 13.5. The van der Waals surface area contributed by atoms with Gasteiger partial charge in [-0.2, -0.15) is 0 Å². The van der Waals surface area contributed by atoms with Gasteiger partial charge in [-0.15, -0.1) is 0 Å². The zero-order chi connectivity index (χ0) is 35.5. The van der Waals surface area contributed by atoms with Crippen LogP contribution in [0, 0.1) is 46.5 Å². The minimum Gasteiger partial charge on any atom is -0.490 e. The summed E-state index contributed by atoms with van der Waals surface area (Å²) in [7, 11) is 0. The SMILES string of the molecule is CCOc1cc(C2C(C(=O)Nc3ccc(C)cc3C)C(=O)CC(C)(O)C2C(=O)Nc2ccc(C)cc2C)ccc1OCc1ccc(C)cc1. The fourth-order valence-corrected chi connectivity index (χ4v) is 6.79.